The highest BCUT2D eigenvalue weighted by Gasteiger charge is 1.94. The fraction of sp³-hybridized carbons (Fsp3) is 0.571. The van der Waals surface area contributed by atoms with Crippen LogP contribution in [-0.2, 0) is 9.59 Å². The van der Waals surface area contributed by atoms with Crippen molar-refractivity contribution in [2.75, 3.05) is 5.75 Å². The predicted octanol–water partition coefficient (Wildman–Crippen LogP) is 0.954. The Morgan fingerprint density at radius 1 is 1.45 bits per heavy atom. The van der Waals surface area contributed by atoms with Gasteiger partial charge in [-0.1, -0.05) is 11.8 Å². The van der Waals surface area contributed by atoms with Crippen molar-refractivity contribution in [2.24, 2.45) is 0 Å². The number of rotatable bonds is 4. The van der Waals surface area contributed by atoms with Crippen LogP contribution in [0, 0.1) is 6.54 Å². The molecule has 0 saturated heterocycles. The molecule has 0 aromatic rings. The molecule has 0 bridgehead atoms. The maximum absolute atomic E-state index is 10.4. The van der Waals surface area contributed by atoms with Crippen molar-refractivity contribution in [2.45, 2.75) is 20.3 Å². The van der Waals surface area contributed by atoms with E-state index < -0.39 is 0 Å². The highest BCUT2D eigenvalue weighted by Crippen LogP contribution is 2.03. The second kappa shape index (κ2) is 6.22. The first-order valence-electron chi connectivity index (χ1n) is 3.35. The van der Waals surface area contributed by atoms with Crippen LogP contribution in [0.4, 0.5) is 0 Å². The normalized spacial score (nSPS) is 9.27. The number of amides is 1. The van der Waals surface area contributed by atoms with Crippen molar-refractivity contribution in [3.05, 3.63) is 6.54 Å². The van der Waals surface area contributed by atoms with Crippen molar-refractivity contribution in [3.63, 3.8) is 0 Å². The third-order valence-corrected chi connectivity index (χ3v) is 1.72. The van der Waals surface area contributed by atoms with Crippen molar-refractivity contribution < 1.29 is 9.59 Å². The monoisotopic (exact) mass is 174 g/mol. The molecule has 0 saturated carbocycles. The van der Waals surface area contributed by atoms with Crippen LogP contribution in [0.1, 0.15) is 20.3 Å². The summed E-state index contributed by atoms with van der Waals surface area (Å²) in [5, 5.41) is 2.64. The zero-order valence-corrected chi connectivity index (χ0v) is 7.53. The first-order valence-corrected chi connectivity index (χ1v) is 4.33. The first kappa shape index (κ1) is 10.5. The molecular formula is C7H12NO2S. The fourth-order valence-corrected chi connectivity index (χ4v) is 1.00. The van der Waals surface area contributed by atoms with E-state index in [2.05, 4.69) is 5.32 Å². The van der Waals surface area contributed by atoms with Crippen molar-refractivity contribution >= 4 is 22.8 Å². The van der Waals surface area contributed by atoms with Gasteiger partial charge in [0.15, 0.2) is 5.12 Å². The van der Waals surface area contributed by atoms with E-state index in [1.807, 2.05) is 0 Å². The Morgan fingerprint density at radius 3 is 2.55 bits per heavy atom. The van der Waals surface area contributed by atoms with Crippen LogP contribution in [0.5, 0.6) is 0 Å². The standard InChI is InChI=1S/C7H12NO2S/c1-6(9)8-4-3-5-11-7(2)10/h4H,3,5H2,1-2H3,(H,8,9). The highest BCUT2D eigenvalue weighted by atomic mass is 32.2. The minimum absolute atomic E-state index is 0.0715. The van der Waals surface area contributed by atoms with Crippen molar-refractivity contribution in [1.82, 2.24) is 5.32 Å². The number of carbonyl (C=O) groups is 2. The lowest BCUT2D eigenvalue weighted by atomic mass is 10.5. The predicted molar refractivity (Wildman–Crippen MR) is 45.9 cm³/mol. The molecule has 0 spiro atoms. The summed E-state index contributed by atoms with van der Waals surface area (Å²) >= 11 is 1.26. The lowest BCUT2D eigenvalue weighted by Crippen LogP contribution is -2.16. The van der Waals surface area contributed by atoms with Gasteiger partial charge in [0.1, 0.15) is 0 Å². The van der Waals surface area contributed by atoms with Gasteiger partial charge in [0.05, 0.1) is 0 Å². The van der Waals surface area contributed by atoms with E-state index in [1.54, 1.807) is 6.54 Å². The Hall–Kier alpha value is -0.510. The second-order valence-corrected chi connectivity index (χ2v) is 3.31. The molecule has 1 amide bonds. The van der Waals surface area contributed by atoms with Gasteiger partial charge < -0.3 is 5.32 Å². The summed E-state index contributed by atoms with van der Waals surface area (Å²) < 4.78 is 0. The molecule has 0 rings (SSSR count). The topological polar surface area (TPSA) is 46.2 Å². The zero-order chi connectivity index (χ0) is 8.69. The number of thioether (sulfide) groups is 1. The molecule has 3 nitrogen and oxygen atoms in total. The average molecular weight is 174 g/mol. The summed E-state index contributed by atoms with van der Waals surface area (Å²) in [7, 11) is 0. The molecule has 0 aliphatic rings. The van der Waals surface area contributed by atoms with Crippen LogP contribution in [0.3, 0.4) is 0 Å². The van der Waals surface area contributed by atoms with Crippen LogP contribution in [0.15, 0.2) is 0 Å². The van der Waals surface area contributed by atoms with Crippen LogP contribution >= 0.6 is 11.8 Å². The van der Waals surface area contributed by atoms with Gasteiger partial charge in [0.25, 0.3) is 0 Å². The molecule has 1 radical (unpaired) electrons. The minimum Gasteiger partial charge on any atom is -0.352 e. The van der Waals surface area contributed by atoms with Crippen LogP contribution < -0.4 is 5.32 Å². The molecule has 0 unspecified atom stereocenters. The number of carbonyl (C=O) groups excluding carboxylic acids is 2. The summed E-state index contributed by atoms with van der Waals surface area (Å²) in [5.41, 5.74) is 0. The Labute approximate surface area is 70.9 Å². The molecule has 1 N–H and O–H groups in total. The van der Waals surface area contributed by atoms with Gasteiger partial charge in [-0.05, 0) is 6.42 Å². The van der Waals surface area contributed by atoms with E-state index in [4.69, 9.17) is 0 Å². The molecule has 0 fully saturated rings. The van der Waals surface area contributed by atoms with Gasteiger partial charge in [-0.3, -0.25) is 9.59 Å². The minimum atomic E-state index is -0.0715. The van der Waals surface area contributed by atoms with E-state index in [0.29, 0.717) is 0 Å². The first-order chi connectivity index (χ1) is 5.13. The van der Waals surface area contributed by atoms with Gasteiger partial charge in [-0.25, -0.2) is 0 Å². The molecule has 0 aromatic heterocycles. The molecular weight excluding hydrogens is 162 g/mol. The summed E-state index contributed by atoms with van der Waals surface area (Å²) in [6.07, 6.45) is 0.726. The molecule has 4 heteroatoms. The summed E-state index contributed by atoms with van der Waals surface area (Å²) in [6.45, 7) is 4.65. The molecule has 0 heterocycles. The third-order valence-electron chi connectivity index (χ3n) is 0.873. The molecule has 63 valence electrons. The molecule has 0 atom stereocenters. The van der Waals surface area contributed by atoms with Gasteiger partial charge in [-0.15, -0.1) is 0 Å². The number of hydrogen-bond acceptors (Lipinski definition) is 3. The summed E-state index contributed by atoms with van der Waals surface area (Å²) in [4.78, 5) is 20.7. The Morgan fingerprint density at radius 2 is 2.09 bits per heavy atom. The van der Waals surface area contributed by atoms with Gasteiger partial charge in [0.2, 0.25) is 5.91 Å². The van der Waals surface area contributed by atoms with Gasteiger partial charge in [-0.2, -0.15) is 0 Å². The van der Waals surface area contributed by atoms with Crippen LogP contribution in [-0.4, -0.2) is 16.8 Å². The number of hydrogen-bond donors (Lipinski definition) is 1. The Kier molecular flexibility index (Phi) is 5.93. The van der Waals surface area contributed by atoms with Gasteiger partial charge in [0, 0.05) is 26.1 Å². The fourth-order valence-electron chi connectivity index (χ4n) is 0.477. The van der Waals surface area contributed by atoms with E-state index in [1.165, 1.54) is 25.6 Å². The second-order valence-electron chi connectivity index (χ2n) is 2.03. The number of nitrogens with one attached hydrogen (secondary N) is 1. The molecule has 0 aromatic carbocycles. The Bertz CT molecular complexity index is 131. The van der Waals surface area contributed by atoms with E-state index in [9.17, 15) is 9.59 Å². The van der Waals surface area contributed by atoms with Gasteiger partial charge >= 0.3 is 0 Å². The molecule has 11 heavy (non-hydrogen) atoms. The molecule has 0 aliphatic carbocycles. The lowest BCUT2D eigenvalue weighted by Gasteiger charge is -1.98. The largest absolute Gasteiger partial charge is 0.352 e. The van der Waals surface area contributed by atoms with E-state index in [0.717, 1.165) is 12.2 Å². The maximum atomic E-state index is 10.4. The third kappa shape index (κ3) is 9.49. The summed E-state index contributed by atoms with van der Waals surface area (Å²) in [5.74, 6) is 0.660. The van der Waals surface area contributed by atoms with Crippen LogP contribution in [0.25, 0.3) is 0 Å². The maximum Gasteiger partial charge on any atom is 0.217 e. The van der Waals surface area contributed by atoms with Crippen molar-refractivity contribution in [1.29, 1.82) is 0 Å². The smallest absolute Gasteiger partial charge is 0.217 e. The van der Waals surface area contributed by atoms with E-state index >= 15 is 0 Å². The highest BCUT2D eigenvalue weighted by molar-refractivity contribution is 8.13. The lowest BCUT2D eigenvalue weighted by molar-refractivity contribution is -0.118. The quantitative estimate of drug-likeness (QED) is 0.645. The van der Waals surface area contributed by atoms with Crippen LogP contribution in [0.2, 0.25) is 0 Å². The molecule has 0 aliphatic heterocycles. The SMILES string of the molecule is CC(=O)N[CH]CCSC(C)=O. The Balaban J connectivity index is 3.03. The zero-order valence-electron chi connectivity index (χ0n) is 6.72. The van der Waals surface area contributed by atoms with Crippen molar-refractivity contribution in [3.8, 4) is 0 Å². The summed E-state index contributed by atoms with van der Waals surface area (Å²) in [6, 6.07) is 0. The van der Waals surface area contributed by atoms with E-state index in [-0.39, 0.29) is 11.0 Å². The average Bonchev–Trinajstić information content (AvgIpc) is 1.85.